The molecule has 17 heavy (non-hydrogen) atoms. The maximum Gasteiger partial charge on any atom is -0.00698 e. The molecule has 0 saturated carbocycles. The van der Waals surface area contributed by atoms with Crippen LogP contribution in [0, 0.1) is 6.92 Å². The van der Waals surface area contributed by atoms with Crippen molar-refractivity contribution in [2.75, 3.05) is 0 Å². The molecule has 0 aliphatic heterocycles. The van der Waals surface area contributed by atoms with E-state index in [0.29, 0.717) is 0 Å². The maximum atomic E-state index is 4.08. The molecule has 0 atom stereocenters. The highest BCUT2D eigenvalue weighted by Gasteiger charge is 2.01. The Morgan fingerprint density at radius 3 is 2.76 bits per heavy atom. The van der Waals surface area contributed by atoms with Gasteiger partial charge in [0, 0.05) is 0 Å². The van der Waals surface area contributed by atoms with Crippen LogP contribution in [0.1, 0.15) is 42.9 Å². The quantitative estimate of drug-likeness (QED) is 0.454. The Hall–Kier alpha value is -1.30. The molecule has 1 rings (SSSR count). The summed E-state index contributed by atoms with van der Waals surface area (Å²) in [4.78, 5) is 0. The van der Waals surface area contributed by atoms with Gasteiger partial charge in [0.1, 0.15) is 0 Å². The van der Waals surface area contributed by atoms with Crippen LogP contribution in [0.4, 0.5) is 0 Å². The number of aryl methyl sites for hydroxylation is 2. The van der Waals surface area contributed by atoms with Gasteiger partial charge in [0.2, 0.25) is 0 Å². The molecule has 1 aromatic carbocycles. The van der Waals surface area contributed by atoms with E-state index in [1.165, 1.54) is 28.7 Å². The van der Waals surface area contributed by atoms with Gasteiger partial charge in [-0.2, -0.15) is 0 Å². The largest absolute Gasteiger partial charge is 0.103 e. The van der Waals surface area contributed by atoms with Crippen LogP contribution in [-0.4, -0.2) is 0 Å². The van der Waals surface area contributed by atoms with Crippen molar-refractivity contribution in [2.45, 2.75) is 46.0 Å². The maximum absolute atomic E-state index is 4.08. The van der Waals surface area contributed by atoms with Gasteiger partial charge < -0.3 is 0 Å². The zero-order valence-electron chi connectivity index (χ0n) is 11.3. The van der Waals surface area contributed by atoms with Gasteiger partial charge in [0.05, 0.1) is 0 Å². The summed E-state index contributed by atoms with van der Waals surface area (Å²) in [7, 11) is 0. The van der Waals surface area contributed by atoms with Crippen LogP contribution in [0.2, 0.25) is 0 Å². The molecule has 0 saturated heterocycles. The van der Waals surface area contributed by atoms with E-state index in [0.717, 1.165) is 25.7 Å². The van der Waals surface area contributed by atoms with Gasteiger partial charge in [-0.3, -0.25) is 0 Å². The number of benzene rings is 1. The van der Waals surface area contributed by atoms with Gasteiger partial charge in [-0.1, -0.05) is 43.4 Å². The second-order valence-corrected chi connectivity index (χ2v) is 4.72. The van der Waals surface area contributed by atoms with Crippen molar-refractivity contribution in [3.05, 3.63) is 59.7 Å². The summed E-state index contributed by atoms with van der Waals surface area (Å²) >= 11 is 0. The molecule has 0 bridgehead atoms. The third kappa shape index (κ3) is 4.60. The molecule has 0 aliphatic carbocycles. The first-order valence-electron chi connectivity index (χ1n) is 6.53. The lowest BCUT2D eigenvalue weighted by Crippen LogP contribution is -1.94. The third-order valence-electron chi connectivity index (χ3n) is 3.22. The van der Waals surface area contributed by atoms with Gasteiger partial charge in [-0.15, -0.1) is 6.58 Å². The molecule has 0 unspecified atom stereocenters. The molecule has 0 N–H and O–H groups in total. The molecule has 0 amide bonds. The molecule has 0 heterocycles. The van der Waals surface area contributed by atoms with E-state index in [-0.39, 0.29) is 0 Å². The van der Waals surface area contributed by atoms with Crippen LogP contribution in [0.15, 0.2) is 43.0 Å². The number of hydrogen-bond donors (Lipinski definition) is 0. The Morgan fingerprint density at radius 2 is 2.12 bits per heavy atom. The standard InChI is InChI=1S/C17H24/c1-5-7-8-9-17-13-16(11-10-15(17)4)12-14(3)6-2/h5,10-11,13H,1,3,6-9,12H2,2,4H3. The molecular formula is C17H24. The average Bonchev–Trinajstić information content (AvgIpc) is 2.33. The van der Waals surface area contributed by atoms with E-state index < -0.39 is 0 Å². The predicted molar refractivity (Wildman–Crippen MR) is 77.4 cm³/mol. The minimum Gasteiger partial charge on any atom is -0.103 e. The van der Waals surface area contributed by atoms with Crippen molar-refractivity contribution >= 4 is 0 Å². The van der Waals surface area contributed by atoms with Gasteiger partial charge in [0.25, 0.3) is 0 Å². The normalized spacial score (nSPS) is 10.2. The Balaban J connectivity index is 2.71. The van der Waals surface area contributed by atoms with Crippen molar-refractivity contribution < 1.29 is 0 Å². The first-order chi connectivity index (χ1) is 8.17. The fraction of sp³-hybridized carbons (Fsp3) is 0.412. The predicted octanol–water partition coefficient (Wildman–Crippen LogP) is 5.01. The monoisotopic (exact) mass is 228 g/mol. The van der Waals surface area contributed by atoms with E-state index in [9.17, 15) is 0 Å². The van der Waals surface area contributed by atoms with Crippen LogP contribution >= 0.6 is 0 Å². The highest BCUT2D eigenvalue weighted by Crippen LogP contribution is 2.17. The molecular weight excluding hydrogens is 204 g/mol. The van der Waals surface area contributed by atoms with Crippen molar-refractivity contribution in [1.82, 2.24) is 0 Å². The Bertz CT molecular complexity index is 385. The fourth-order valence-corrected chi connectivity index (χ4v) is 1.95. The molecule has 0 radical (unpaired) electrons. The first kappa shape index (κ1) is 13.8. The summed E-state index contributed by atoms with van der Waals surface area (Å²) in [5, 5.41) is 0. The fourth-order valence-electron chi connectivity index (χ4n) is 1.95. The van der Waals surface area contributed by atoms with Crippen molar-refractivity contribution in [1.29, 1.82) is 0 Å². The van der Waals surface area contributed by atoms with Crippen molar-refractivity contribution in [2.24, 2.45) is 0 Å². The zero-order chi connectivity index (χ0) is 12.7. The minimum atomic E-state index is 1.02. The highest BCUT2D eigenvalue weighted by molar-refractivity contribution is 5.33. The number of rotatable bonds is 7. The smallest absolute Gasteiger partial charge is 0.00698 e. The summed E-state index contributed by atoms with van der Waals surface area (Å²) < 4.78 is 0. The molecule has 0 fully saturated rings. The highest BCUT2D eigenvalue weighted by atomic mass is 14.1. The van der Waals surface area contributed by atoms with Crippen LogP contribution in [0.5, 0.6) is 0 Å². The van der Waals surface area contributed by atoms with E-state index in [2.05, 4.69) is 45.2 Å². The summed E-state index contributed by atoms with van der Waals surface area (Å²) in [5.74, 6) is 0. The van der Waals surface area contributed by atoms with E-state index in [1.54, 1.807) is 0 Å². The van der Waals surface area contributed by atoms with Crippen LogP contribution in [0.3, 0.4) is 0 Å². The number of hydrogen-bond acceptors (Lipinski definition) is 0. The van der Waals surface area contributed by atoms with Gasteiger partial charge in [-0.05, 0) is 55.7 Å². The van der Waals surface area contributed by atoms with Crippen molar-refractivity contribution in [3.8, 4) is 0 Å². The lowest BCUT2D eigenvalue weighted by molar-refractivity contribution is 0.836. The third-order valence-corrected chi connectivity index (χ3v) is 3.22. The summed E-state index contributed by atoms with van der Waals surface area (Å²) in [6.07, 6.45) is 7.54. The number of allylic oxidation sites excluding steroid dienone is 2. The number of unbranched alkanes of at least 4 members (excludes halogenated alkanes) is 1. The van der Waals surface area contributed by atoms with Gasteiger partial charge in [0.15, 0.2) is 0 Å². The molecule has 0 heteroatoms. The lowest BCUT2D eigenvalue weighted by atomic mass is 9.96. The van der Waals surface area contributed by atoms with E-state index >= 15 is 0 Å². The minimum absolute atomic E-state index is 1.02. The van der Waals surface area contributed by atoms with Crippen LogP contribution in [0.25, 0.3) is 0 Å². The molecule has 0 spiro atoms. The first-order valence-corrected chi connectivity index (χ1v) is 6.53. The van der Waals surface area contributed by atoms with E-state index in [1.807, 2.05) is 6.08 Å². The summed E-state index contributed by atoms with van der Waals surface area (Å²) in [5.41, 5.74) is 5.59. The summed E-state index contributed by atoms with van der Waals surface area (Å²) in [6, 6.07) is 6.81. The second-order valence-electron chi connectivity index (χ2n) is 4.72. The zero-order valence-corrected chi connectivity index (χ0v) is 11.3. The Morgan fingerprint density at radius 1 is 1.35 bits per heavy atom. The molecule has 1 aromatic rings. The molecule has 0 nitrogen and oxygen atoms in total. The molecule has 0 aromatic heterocycles. The van der Waals surface area contributed by atoms with Crippen LogP contribution < -0.4 is 0 Å². The van der Waals surface area contributed by atoms with Crippen LogP contribution in [-0.2, 0) is 12.8 Å². The molecule has 92 valence electrons. The van der Waals surface area contributed by atoms with Gasteiger partial charge in [-0.25, -0.2) is 0 Å². The van der Waals surface area contributed by atoms with Gasteiger partial charge >= 0.3 is 0 Å². The van der Waals surface area contributed by atoms with E-state index in [4.69, 9.17) is 0 Å². The molecule has 0 aliphatic rings. The van der Waals surface area contributed by atoms with Crippen molar-refractivity contribution in [3.63, 3.8) is 0 Å². The summed E-state index contributed by atoms with van der Waals surface area (Å²) in [6.45, 7) is 12.2. The average molecular weight is 228 g/mol. The Kier molecular flexibility index (Phi) is 5.76. The lowest BCUT2D eigenvalue weighted by Gasteiger charge is -2.09. The Labute approximate surface area is 106 Å². The topological polar surface area (TPSA) is 0 Å². The SMILES string of the molecule is C=CCCCc1cc(CC(=C)CC)ccc1C. The second kappa shape index (κ2) is 7.11.